The van der Waals surface area contributed by atoms with Gasteiger partial charge in [0, 0.05) is 45.3 Å². The van der Waals surface area contributed by atoms with E-state index in [9.17, 15) is 9.90 Å². The molecule has 0 aromatic carbocycles. The molecule has 0 bridgehead atoms. The molecule has 2 saturated carbocycles. The number of aliphatic hydroxyl groups excluding tert-OH is 1. The van der Waals surface area contributed by atoms with Crippen molar-refractivity contribution in [2.45, 2.75) is 84.1 Å². The van der Waals surface area contributed by atoms with Crippen LogP contribution in [0.2, 0.25) is 0 Å². The van der Waals surface area contributed by atoms with Crippen molar-refractivity contribution < 1.29 is 19.4 Å². The highest BCUT2D eigenvalue weighted by atomic mass is 16.5. The highest BCUT2D eigenvalue weighted by molar-refractivity contribution is 5.76. The van der Waals surface area contributed by atoms with Crippen molar-refractivity contribution >= 4 is 5.91 Å². The molecule has 0 aromatic rings. The SMILES string of the molecule is COCC1CCC(COCCCC(=O)NC2CCC(=C(O)C(C)C)CC2)CC1. The normalized spacial score (nSPS) is 25.7. The minimum atomic E-state index is 0.134. The lowest BCUT2D eigenvalue weighted by molar-refractivity contribution is -0.122. The van der Waals surface area contributed by atoms with Crippen molar-refractivity contribution in [1.29, 1.82) is 0 Å². The van der Waals surface area contributed by atoms with E-state index in [-0.39, 0.29) is 17.9 Å². The highest BCUT2D eigenvalue weighted by Crippen LogP contribution is 2.29. The minimum Gasteiger partial charge on any atom is -0.512 e. The lowest BCUT2D eigenvalue weighted by atomic mass is 9.83. The number of nitrogens with one attached hydrogen (secondary N) is 1. The molecular formula is C23H41NO4. The van der Waals surface area contributed by atoms with E-state index >= 15 is 0 Å². The van der Waals surface area contributed by atoms with Crippen molar-refractivity contribution in [3.8, 4) is 0 Å². The van der Waals surface area contributed by atoms with E-state index in [0.717, 1.165) is 51.2 Å². The van der Waals surface area contributed by atoms with Crippen molar-refractivity contribution in [3.63, 3.8) is 0 Å². The fraction of sp³-hybridized carbons (Fsp3) is 0.870. The number of carbonyl (C=O) groups is 1. The van der Waals surface area contributed by atoms with Crippen molar-refractivity contribution in [2.75, 3.05) is 26.9 Å². The zero-order chi connectivity index (χ0) is 20.4. The maximum atomic E-state index is 12.2. The summed E-state index contributed by atoms with van der Waals surface area (Å²) in [5.41, 5.74) is 1.17. The first kappa shape index (κ1) is 23.2. The molecule has 2 aliphatic carbocycles. The molecule has 0 unspecified atom stereocenters. The third-order valence-corrected chi connectivity index (χ3v) is 6.28. The smallest absolute Gasteiger partial charge is 0.220 e. The van der Waals surface area contributed by atoms with E-state index < -0.39 is 0 Å². The minimum absolute atomic E-state index is 0.134. The predicted molar refractivity (Wildman–Crippen MR) is 112 cm³/mol. The van der Waals surface area contributed by atoms with E-state index in [2.05, 4.69) is 5.32 Å². The molecule has 2 aliphatic rings. The van der Waals surface area contributed by atoms with Crippen LogP contribution < -0.4 is 5.32 Å². The maximum absolute atomic E-state index is 12.2. The quantitative estimate of drug-likeness (QED) is 0.413. The number of carbonyl (C=O) groups excluding carboxylic acids is 1. The third-order valence-electron chi connectivity index (χ3n) is 6.28. The van der Waals surface area contributed by atoms with Gasteiger partial charge in [0.25, 0.3) is 0 Å². The van der Waals surface area contributed by atoms with Gasteiger partial charge in [0.1, 0.15) is 0 Å². The number of hydrogen-bond donors (Lipinski definition) is 2. The average molecular weight is 396 g/mol. The summed E-state index contributed by atoms with van der Waals surface area (Å²) in [6, 6.07) is 0.249. The zero-order valence-corrected chi connectivity index (χ0v) is 18.2. The average Bonchev–Trinajstić information content (AvgIpc) is 2.69. The van der Waals surface area contributed by atoms with Crippen molar-refractivity contribution in [2.24, 2.45) is 17.8 Å². The molecule has 5 heteroatoms. The monoisotopic (exact) mass is 395 g/mol. The molecule has 0 atom stereocenters. The summed E-state index contributed by atoms with van der Waals surface area (Å²) in [7, 11) is 1.78. The van der Waals surface area contributed by atoms with Gasteiger partial charge in [-0.1, -0.05) is 13.8 Å². The van der Waals surface area contributed by atoms with Gasteiger partial charge >= 0.3 is 0 Å². The Morgan fingerprint density at radius 1 is 1.07 bits per heavy atom. The molecule has 0 heterocycles. The summed E-state index contributed by atoms with van der Waals surface area (Å²) in [4.78, 5) is 12.2. The van der Waals surface area contributed by atoms with Gasteiger partial charge in [-0.25, -0.2) is 0 Å². The first-order chi connectivity index (χ1) is 13.5. The Morgan fingerprint density at radius 3 is 2.25 bits per heavy atom. The molecule has 28 heavy (non-hydrogen) atoms. The van der Waals surface area contributed by atoms with Crippen LogP contribution in [0.4, 0.5) is 0 Å². The van der Waals surface area contributed by atoms with Crippen LogP contribution in [0.1, 0.15) is 78.1 Å². The summed E-state index contributed by atoms with van der Waals surface area (Å²) in [5, 5.41) is 13.2. The molecular weight excluding hydrogens is 354 g/mol. The van der Waals surface area contributed by atoms with Crippen LogP contribution in [0.3, 0.4) is 0 Å². The molecule has 2 N–H and O–H groups in total. The van der Waals surface area contributed by atoms with Crippen LogP contribution in [0.25, 0.3) is 0 Å². The van der Waals surface area contributed by atoms with Crippen molar-refractivity contribution in [1.82, 2.24) is 5.32 Å². The predicted octanol–water partition coefficient (Wildman–Crippen LogP) is 4.76. The van der Waals surface area contributed by atoms with E-state index in [1.807, 2.05) is 13.8 Å². The fourth-order valence-electron chi connectivity index (χ4n) is 4.46. The van der Waals surface area contributed by atoms with E-state index in [0.29, 0.717) is 24.7 Å². The number of hydrogen-bond acceptors (Lipinski definition) is 4. The van der Waals surface area contributed by atoms with Gasteiger partial charge in [0.05, 0.1) is 5.76 Å². The maximum Gasteiger partial charge on any atom is 0.220 e. The molecule has 5 nitrogen and oxygen atoms in total. The molecule has 0 radical (unpaired) electrons. The number of aliphatic hydroxyl groups is 1. The number of methoxy groups -OCH3 is 1. The second kappa shape index (κ2) is 12.5. The summed E-state index contributed by atoms with van der Waals surface area (Å²) in [6.07, 6.45) is 9.94. The van der Waals surface area contributed by atoms with Crippen LogP contribution in [0.5, 0.6) is 0 Å². The van der Waals surface area contributed by atoms with Crippen LogP contribution in [0, 0.1) is 17.8 Å². The third kappa shape index (κ3) is 8.12. The first-order valence-electron chi connectivity index (χ1n) is 11.3. The van der Waals surface area contributed by atoms with Gasteiger partial charge in [-0.2, -0.15) is 0 Å². The summed E-state index contributed by atoms with van der Waals surface area (Å²) in [6.45, 7) is 6.43. The Labute approximate surface area is 171 Å². The number of rotatable bonds is 10. The van der Waals surface area contributed by atoms with Gasteiger partial charge < -0.3 is 19.9 Å². The zero-order valence-electron chi connectivity index (χ0n) is 18.2. The second-order valence-corrected chi connectivity index (χ2v) is 9.01. The Bertz CT molecular complexity index is 485. The van der Waals surface area contributed by atoms with Crippen LogP contribution >= 0.6 is 0 Å². The Hall–Kier alpha value is -1.07. The second-order valence-electron chi connectivity index (χ2n) is 9.01. The van der Waals surface area contributed by atoms with Crippen LogP contribution in [-0.4, -0.2) is 44.0 Å². The molecule has 0 aromatic heterocycles. The molecule has 2 rings (SSSR count). The largest absolute Gasteiger partial charge is 0.512 e. The summed E-state index contributed by atoms with van der Waals surface area (Å²) in [5.74, 6) is 2.28. The molecule has 162 valence electrons. The lowest BCUT2D eigenvalue weighted by Gasteiger charge is -2.27. The summed E-state index contributed by atoms with van der Waals surface area (Å²) < 4.78 is 11.1. The number of ether oxygens (including phenoxy) is 2. The first-order valence-corrected chi connectivity index (χ1v) is 11.3. The van der Waals surface area contributed by atoms with Crippen LogP contribution in [0.15, 0.2) is 11.3 Å². The Balaban J connectivity index is 1.50. The van der Waals surface area contributed by atoms with E-state index in [1.165, 1.54) is 31.3 Å². The van der Waals surface area contributed by atoms with Gasteiger partial charge in [0.2, 0.25) is 5.91 Å². The van der Waals surface area contributed by atoms with Crippen molar-refractivity contribution in [3.05, 3.63) is 11.3 Å². The fourth-order valence-corrected chi connectivity index (χ4v) is 4.46. The number of amides is 1. The van der Waals surface area contributed by atoms with Crippen LogP contribution in [-0.2, 0) is 14.3 Å². The number of allylic oxidation sites excluding steroid dienone is 2. The topological polar surface area (TPSA) is 67.8 Å². The molecule has 1 amide bonds. The van der Waals surface area contributed by atoms with Gasteiger partial charge in [-0.3, -0.25) is 4.79 Å². The Kier molecular flexibility index (Phi) is 10.3. The molecule has 0 aliphatic heterocycles. The lowest BCUT2D eigenvalue weighted by Crippen LogP contribution is -2.36. The molecule has 0 spiro atoms. The molecule has 0 saturated heterocycles. The van der Waals surface area contributed by atoms with Gasteiger partial charge in [-0.15, -0.1) is 0 Å². The van der Waals surface area contributed by atoms with E-state index in [4.69, 9.17) is 9.47 Å². The summed E-state index contributed by atoms with van der Waals surface area (Å²) >= 11 is 0. The Morgan fingerprint density at radius 2 is 1.68 bits per heavy atom. The van der Waals surface area contributed by atoms with Gasteiger partial charge in [0.15, 0.2) is 0 Å². The molecule has 2 fully saturated rings. The van der Waals surface area contributed by atoms with E-state index in [1.54, 1.807) is 7.11 Å². The highest BCUT2D eigenvalue weighted by Gasteiger charge is 2.22. The van der Waals surface area contributed by atoms with Gasteiger partial charge in [-0.05, 0) is 75.2 Å². The standard InChI is InChI=1S/C23H41NO4/c1-17(2)23(26)20-10-12-21(13-11-20)24-22(25)5-4-14-28-16-19-8-6-18(7-9-19)15-27-3/h17-19,21,26H,4-16H2,1-3H3,(H,24,25).